The molecule has 1 heterocycles. The summed E-state index contributed by atoms with van der Waals surface area (Å²) in [6.45, 7) is 6.23. The van der Waals surface area contributed by atoms with Gasteiger partial charge in [0.05, 0.1) is 18.3 Å². The van der Waals surface area contributed by atoms with Gasteiger partial charge in [-0.3, -0.25) is 4.79 Å². The molecule has 0 aromatic carbocycles. The molecular formula is C11H20O3. The van der Waals surface area contributed by atoms with E-state index in [1.807, 2.05) is 20.8 Å². The molecule has 3 nitrogen and oxygen atoms in total. The van der Waals surface area contributed by atoms with Crippen LogP contribution in [0.2, 0.25) is 0 Å². The van der Waals surface area contributed by atoms with E-state index < -0.39 is 0 Å². The van der Waals surface area contributed by atoms with Crippen molar-refractivity contribution in [1.29, 1.82) is 0 Å². The van der Waals surface area contributed by atoms with Crippen molar-refractivity contribution in [1.82, 2.24) is 0 Å². The summed E-state index contributed by atoms with van der Waals surface area (Å²) in [5.74, 6) is 0.178. The maximum absolute atomic E-state index is 11.1. The Labute approximate surface area is 85.8 Å². The summed E-state index contributed by atoms with van der Waals surface area (Å²) in [6.07, 6.45) is 3.07. The first-order valence-electron chi connectivity index (χ1n) is 5.40. The SMILES string of the molecule is CCC(=O)COC1CC(C)OC(C)C1. The van der Waals surface area contributed by atoms with E-state index >= 15 is 0 Å². The van der Waals surface area contributed by atoms with Crippen LogP contribution >= 0.6 is 0 Å². The highest BCUT2D eigenvalue weighted by molar-refractivity contribution is 5.79. The molecule has 1 aliphatic heterocycles. The summed E-state index contributed by atoms with van der Waals surface area (Å²) in [5.41, 5.74) is 0. The number of ether oxygens (including phenoxy) is 2. The van der Waals surface area contributed by atoms with Gasteiger partial charge in [0.1, 0.15) is 6.61 Å². The standard InChI is InChI=1S/C11H20O3/c1-4-10(12)7-13-11-5-8(2)14-9(3)6-11/h8-9,11H,4-7H2,1-3H3. The molecule has 1 aliphatic rings. The van der Waals surface area contributed by atoms with Gasteiger partial charge in [-0.25, -0.2) is 0 Å². The maximum Gasteiger partial charge on any atom is 0.158 e. The summed E-state index contributed by atoms with van der Waals surface area (Å²) in [5, 5.41) is 0. The summed E-state index contributed by atoms with van der Waals surface area (Å²) >= 11 is 0. The van der Waals surface area contributed by atoms with Gasteiger partial charge in [0, 0.05) is 6.42 Å². The lowest BCUT2D eigenvalue weighted by atomic mass is 10.0. The van der Waals surface area contributed by atoms with Crippen LogP contribution in [0.4, 0.5) is 0 Å². The lowest BCUT2D eigenvalue weighted by molar-refractivity contribution is -0.133. The van der Waals surface area contributed by atoms with Crippen molar-refractivity contribution in [3.8, 4) is 0 Å². The van der Waals surface area contributed by atoms with Gasteiger partial charge in [0.25, 0.3) is 0 Å². The Kier molecular flexibility index (Phi) is 4.55. The fourth-order valence-electron chi connectivity index (χ4n) is 1.79. The zero-order valence-electron chi connectivity index (χ0n) is 9.29. The van der Waals surface area contributed by atoms with Crippen molar-refractivity contribution >= 4 is 5.78 Å². The Morgan fingerprint density at radius 2 is 1.93 bits per heavy atom. The lowest BCUT2D eigenvalue weighted by Crippen LogP contribution is -2.35. The molecule has 2 unspecified atom stereocenters. The fourth-order valence-corrected chi connectivity index (χ4v) is 1.79. The summed E-state index contributed by atoms with van der Waals surface area (Å²) < 4.78 is 11.1. The average Bonchev–Trinajstić information content (AvgIpc) is 2.12. The maximum atomic E-state index is 11.1. The van der Waals surface area contributed by atoms with Crippen molar-refractivity contribution in [3.63, 3.8) is 0 Å². The molecule has 0 N–H and O–H groups in total. The molecule has 0 aromatic heterocycles. The highest BCUT2D eigenvalue weighted by atomic mass is 16.5. The predicted octanol–water partition coefficient (Wildman–Crippen LogP) is 1.94. The van der Waals surface area contributed by atoms with Gasteiger partial charge >= 0.3 is 0 Å². The lowest BCUT2D eigenvalue weighted by Gasteiger charge is -2.31. The average molecular weight is 200 g/mol. The Morgan fingerprint density at radius 1 is 1.36 bits per heavy atom. The number of hydrogen-bond donors (Lipinski definition) is 0. The van der Waals surface area contributed by atoms with Crippen LogP contribution in [0.3, 0.4) is 0 Å². The van der Waals surface area contributed by atoms with Gasteiger partial charge in [-0.05, 0) is 26.7 Å². The van der Waals surface area contributed by atoms with E-state index in [9.17, 15) is 4.79 Å². The van der Waals surface area contributed by atoms with Gasteiger partial charge in [0.15, 0.2) is 5.78 Å². The predicted molar refractivity (Wildman–Crippen MR) is 54.3 cm³/mol. The molecule has 1 saturated heterocycles. The van der Waals surface area contributed by atoms with Gasteiger partial charge in [-0.1, -0.05) is 6.92 Å². The van der Waals surface area contributed by atoms with Crippen LogP contribution < -0.4 is 0 Å². The summed E-state index contributed by atoms with van der Waals surface area (Å²) in [7, 11) is 0. The number of Topliss-reactive ketones (excluding diaryl/α,β-unsaturated/α-hetero) is 1. The molecular weight excluding hydrogens is 180 g/mol. The van der Waals surface area contributed by atoms with Gasteiger partial charge < -0.3 is 9.47 Å². The van der Waals surface area contributed by atoms with Crippen LogP contribution in [0, 0.1) is 0 Å². The van der Waals surface area contributed by atoms with Crippen LogP contribution in [0.5, 0.6) is 0 Å². The van der Waals surface area contributed by atoms with Crippen LogP contribution in [0.25, 0.3) is 0 Å². The normalized spacial score (nSPS) is 32.9. The molecule has 3 heteroatoms. The Morgan fingerprint density at radius 3 is 2.43 bits per heavy atom. The minimum atomic E-state index is 0.178. The van der Waals surface area contributed by atoms with Crippen LogP contribution in [0.15, 0.2) is 0 Å². The van der Waals surface area contributed by atoms with E-state index in [0.29, 0.717) is 6.42 Å². The van der Waals surface area contributed by atoms with E-state index in [0.717, 1.165) is 12.8 Å². The topological polar surface area (TPSA) is 35.5 Å². The molecule has 0 aliphatic carbocycles. The smallest absolute Gasteiger partial charge is 0.158 e. The molecule has 2 atom stereocenters. The molecule has 0 amide bonds. The van der Waals surface area contributed by atoms with Gasteiger partial charge in [-0.2, -0.15) is 0 Å². The highest BCUT2D eigenvalue weighted by Gasteiger charge is 2.25. The van der Waals surface area contributed by atoms with Crippen LogP contribution in [-0.2, 0) is 14.3 Å². The molecule has 1 rings (SSSR count). The first-order valence-corrected chi connectivity index (χ1v) is 5.40. The molecule has 0 aromatic rings. The molecule has 82 valence electrons. The third-order valence-corrected chi connectivity index (χ3v) is 2.53. The third kappa shape index (κ3) is 3.76. The van der Waals surface area contributed by atoms with E-state index in [4.69, 9.17) is 9.47 Å². The van der Waals surface area contributed by atoms with E-state index in [1.165, 1.54) is 0 Å². The fraction of sp³-hybridized carbons (Fsp3) is 0.909. The van der Waals surface area contributed by atoms with E-state index in [1.54, 1.807) is 0 Å². The number of ketones is 1. The zero-order valence-corrected chi connectivity index (χ0v) is 9.29. The van der Waals surface area contributed by atoms with Crippen molar-refractivity contribution in [2.24, 2.45) is 0 Å². The Hall–Kier alpha value is -0.410. The second-order valence-electron chi connectivity index (χ2n) is 4.05. The first kappa shape index (κ1) is 11.7. The van der Waals surface area contributed by atoms with Crippen LogP contribution in [0.1, 0.15) is 40.0 Å². The Bertz CT molecular complexity index is 181. The highest BCUT2D eigenvalue weighted by Crippen LogP contribution is 2.21. The van der Waals surface area contributed by atoms with Crippen molar-refractivity contribution in [2.45, 2.75) is 58.3 Å². The Balaban J connectivity index is 2.26. The van der Waals surface area contributed by atoms with E-state index in [2.05, 4.69) is 0 Å². The third-order valence-electron chi connectivity index (χ3n) is 2.53. The van der Waals surface area contributed by atoms with Crippen LogP contribution in [-0.4, -0.2) is 30.7 Å². The molecule has 0 bridgehead atoms. The number of carbonyl (C=O) groups excluding carboxylic acids is 1. The molecule has 0 radical (unpaired) electrons. The van der Waals surface area contributed by atoms with E-state index in [-0.39, 0.29) is 30.7 Å². The second-order valence-corrected chi connectivity index (χ2v) is 4.05. The van der Waals surface area contributed by atoms with Gasteiger partial charge in [0.2, 0.25) is 0 Å². The zero-order chi connectivity index (χ0) is 10.6. The minimum absolute atomic E-state index is 0.178. The monoisotopic (exact) mass is 200 g/mol. The number of rotatable bonds is 4. The first-order chi connectivity index (χ1) is 6.61. The van der Waals surface area contributed by atoms with Crippen molar-refractivity contribution < 1.29 is 14.3 Å². The number of carbonyl (C=O) groups is 1. The molecule has 0 saturated carbocycles. The van der Waals surface area contributed by atoms with Crippen molar-refractivity contribution in [3.05, 3.63) is 0 Å². The van der Waals surface area contributed by atoms with Gasteiger partial charge in [-0.15, -0.1) is 0 Å². The quantitative estimate of drug-likeness (QED) is 0.695. The van der Waals surface area contributed by atoms with Crippen molar-refractivity contribution in [2.75, 3.05) is 6.61 Å². The molecule has 1 fully saturated rings. The number of hydrogen-bond acceptors (Lipinski definition) is 3. The molecule has 14 heavy (non-hydrogen) atoms. The minimum Gasteiger partial charge on any atom is -0.375 e. The second kappa shape index (κ2) is 5.47. The summed E-state index contributed by atoms with van der Waals surface area (Å²) in [6, 6.07) is 0. The largest absolute Gasteiger partial charge is 0.375 e. The molecule has 0 spiro atoms. The summed E-state index contributed by atoms with van der Waals surface area (Å²) in [4.78, 5) is 11.1.